The van der Waals surface area contributed by atoms with Crippen LogP contribution in [0.25, 0.3) is 0 Å². The van der Waals surface area contributed by atoms with Crippen LogP contribution in [0.4, 0.5) is 11.5 Å². The number of nitrogens with one attached hydrogen (secondary N) is 2. The molecule has 2 N–H and O–H groups in total. The average Bonchev–Trinajstić information content (AvgIpc) is 2.23. The lowest BCUT2D eigenvalue weighted by molar-refractivity contribution is 0.685. The Morgan fingerprint density at radius 3 is 2.43 bits per heavy atom. The number of rotatable bonds is 0. The lowest BCUT2D eigenvalue weighted by Gasteiger charge is -2.21. The second-order valence-corrected chi connectivity index (χ2v) is 3.28. The van der Waals surface area contributed by atoms with E-state index in [1.165, 1.54) is 11.6 Å². The maximum atomic E-state index is 11.6. The molecule has 0 fully saturated rings. The van der Waals surface area contributed by atoms with E-state index in [1.807, 2.05) is 0 Å². The molecule has 0 saturated carbocycles. The molecule has 14 heavy (non-hydrogen) atoms. The molecular formula is C8H12N4O2. The molecule has 0 atom stereocenters. The number of fused-ring (bicyclic) bond motifs is 1. The molecule has 2 heterocycles. The Bertz CT molecular complexity index is 485. The van der Waals surface area contributed by atoms with Gasteiger partial charge in [-0.25, -0.2) is 4.79 Å². The maximum Gasteiger partial charge on any atom is 0.332 e. The monoisotopic (exact) mass is 196 g/mol. The van der Waals surface area contributed by atoms with Crippen molar-refractivity contribution in [2.75, 3.05) is 23.7 Å². The molecule has 0 radical (unpaired) electrons. The zero-order chi connectivity index (χ0) is 10.3. The molecule has 0 aromatic carbocycles. The van der Waals surface area contributed by atoms with Gasteiger partial charge in [0.1, 0.15) is 11.5 Å². The summed E-state index contributed by atoms with van der Waals surface area (Å²) in [6, 6.07) is 0. The summed E-state index contributed by atoms with van der Waals surface area (Å²) in [5.41, 5.74) is -0.124. The van der Waals surface area contributed by atoms with Gasteiger partial charge in [0.2, 0.25) is 0 Å². The molecule has 1 aliphatic rings. The van der Waals surface area contributed by atoms with Gasteiger partial charge >= 0.3 is 5.69 Å². The van der Waals surface area contributed by atoms with Crippen molar-refractivity contribution in [3.63, 3.8) is 0 Å². The van der Waals surface area contributed by atoms with Gasteiger partial charge in [-0.3, -0.25) is 13.9 Å². The van der Waals surface area contributed by atoms with E-state index < -0.39 is 0 Å². The predicted molar refractivity (Wildman–Crippen MR) is 53.9 cm³/mol. The van der Waals surface area contributed by atoms with Gasteiger partial charge in [-0.2, -0.15) is 0 Å². The normalized spacial score (nSPS) is 14.1. The lowest BCUT2D eigenvalue weighted by Crippen LogP contribution is -2.42. The minimum absolute atomic E-state index is 0.282. The molecule has 6 nitrogen and oxygen atoms in total. The van der Waals surface area contributed by atoms with Gasteiger partial charge in [-0.1, -0.05) is 0 Å². The van der Waals surface area contributed by atoms with E-state index in [0.29, 0.717) is 24.6 Å². The molecule has 6 heteroatoms. The first-order valence-electron chi connectivity index (χ1n) is 4.40. The van der Waals surface area contributed by atoms with E-state index in [0.717, 1.165) is 4.57 Å². The summed E-state index contributed by atoms with van der Waals surface area (Å²) in [7, 11) is 3.11. The van der Waals surface area contributed by atoms with Crippen molar-refractivity contribution in [3.05, 3.63) is 20.8 Å². The van der Waals surface area contributed by atoms with Crippen LogP contribution in [0.5, 0.6) is 0 Å². The number of hydrogen-bond acceptors (Lipinski definition) is 4. The number of aromatic nitrogens is 2. The van der Waals surface area contributed by atoms with Crippen LogP contribution in [-0.4, -0.2) is 22.2 Å². The van der Waals surface area contributed by atoms with E-state index in [2.05, 4.69) is 10.6 Å². The highest BCUT2D eigenvalue weighted by Crippen LogP contribution is 2.16. The fourth-order valence-corrected chi connectivity index (χ4v) is 1.58. The maximum absolute atomic E-state index is 11.6. The van der Waals surface area contributed by atoms with Crippen molar-refractivity contribution < 1.29 is 0 Å². The molecule has 1 aromatic rings. The molecule has 0 spiro atoms. The SMILES string of the molecule is Cn1c2c(c(=O)n(C)c1=O)NCCN2. The molecule has 2 rings (SSSR count). The Labute approximate surface area is 80.2 Å². The highest BCUT2D eigenvalue weighted by atomic mass is 16.2. The summed E-state index contributed by atoms with van der Waals surface area (Å²) in [6.45, 7) is 1.41. The lowest BCUT2D eigenvalue weighted by atomic mass is 10.3. The summed E-state index contributed by atoms with van der Waals surface area (Å²) >= 11 is 0. The van der Waals surface area contributed by atoms with Gasteiger partial charge in [0.25, 0.3) is 5.56 Å². The van der Waals surface area contributed by atoms with Crippen molar-refractivity contribution >= 4 is 11.5 Å². The van der Waals surface area contributed by atoms with Gasteiger partial charge in [0.15, 0.2) is 0 Å². The quantitative estimate of drug-likeness (QED) is 0.554. The van der Waals surface area contributed by atoms with Crippen LogP contribution in [0.3, 0.4) is 0 Å². The van der Waals surface area contributed by atoms with E-state index in [1.54, 1.807) is 7.05 Å². The Kier molecular flexibility index (Phi) is 1.83. The highest BCUT2D eigenvalue weighted by molar-refractivity contribution is 5.65. The summed E-state index contributed by atoms with van der Waals surface area (Å²) in [5, 5.41) is 6.01. The Hall–Kier alpha value is -1.72. The smallest absolute Gasteiger partial charge is 0.332 e. The Balaban J connectivity index is 2.85. The number of nitrogens with zero attached hydrogens (tertiary/aromatic N) is 2. The standard InChI is InChI=1S/C8H12N4O2/c1-11-6-5(9-3-4-10-6)7(13)12(2)8(11)14/h9-10H,3-4H2,1-2H3. The summed E-state index contributed by atoms with van der Waals surface area (Å²) in [6.07, 6.45) is 0. The third-order valence-corrected chi connectivity index (χ3v) is 2.38. The fraction of sp³-hybridized carbons (Fsp3) is 0.500. The van der Waals surface area contributed by atoms with Crippen LogP contribution < -0.4 is 21.9 Å². The summed E-state index contributed by atoms with van der Waals surface area (Å²) in [4.78, 5) is 23.2. The van der Waals surface area contributed by atoms with Gasteiger partial charge in [-0.15, -0.1) is 0 Å². The zero-order valence-corrected chi connectivity index (χ0v) is 8.13. The topological polar surface area (TPSA) is 68.1 Å². The van der Waals surface area contributed by atoms with Crippen LogP contribution >= 0.6 is 0 Å². The average molecular weight is 196 g/mol. The first-order valence-corrected chi connectivity index (χ1v) is 4.40. The van der Waals surface area contributed by atoms with Crippen LogP contribution in [0.15, 0.2) is 9.59 Å². The van der Waals surface area contributed by atoms with Crippen molar-refractivity contribution in [1.82, 2.24) is 9.13 Å². The largest absolute Gasteiger partial charge is 0.376 e. The fourth-order valence-electron chi connectivity index (χ4n) is 1.58. The zero-order valence-electron chi connectivity index (χ0n) is 8.13. The highest BCUT2D eigenvalue weighted by Gasteiger charge is 2.17. The van der Waals surface area contributed by atoms with Crippen LogP contribution in [0.1, 0.15) is 0 Å². The van der Waals surface area contributed by atoms with Crippen LogP contribution in [0.2, 0.25) is 0 Å². The second kappa shape index (κ2) is 2.90. The minimum Gasteiger partial charge on any atom is -0.376 e. The van der Waals surface area contributed by atoms with E-state index in [-0.39, 0.29) is 11.2 Å². The Morgan fingerprint density at radius 2 is 1.71 bits per heavy atom. The second-order valence-electron chi connectivity index (χ2n) is 3.28. The molecular weight excluding hydrogens is 184 g/mol. The van der Waals surface area contributed by atoms with E-state index in [9.17, 15) is 9.59 Å². The van der Waals surface area contributed by atoms with E-state index in [4.69, 9.17) is 0 Å². The molecule has 0 bridgehead atoms. The van der Waals surface area contributed by atoms with Gasteiger partial charge in [-0.05, 0) is 0 Å². The van der Waals surface area contributed by atoms with Gasteiger partial charge < -0.3 is 10.6 Å². The molecule has 0 aliphatic carbocycles. The van der Waals surface area contributed by atoms with Gasteiger partial charge in [0, 0.05) is 27.2 Å². The third-order valence-electron chi connectivity index (χ3n) is 2.38. The Morgan fingerprint density at radius 1 is 1.07 bits per heavy atom. The molecule has 0 saturated heterocycles. The summed E-state index contributed by atoms with van der Waals surface area (Å²) < 4.78 is 2.53. The molecule has 0 amide bonds. The first kappa shape index (κ1) is 8.86. The van der Waals surface area contributed by atoms with Crippen molar-refractivity contribution in [2.24, 2.45) is 14.1 Å². The first-order chi connectivity index (χ1) is 6.63. The minimum atomic E-state index is -0.315. The number of hydrogen-bond donors (Lipinski definition) is 2. The molecule has 0 unspecified atom stereocenters. The van der Waals surface area contributed by atoms with Crippen molar-refractivity contribution in [1.29, 1.82) is 0 Å². The van der Waals surface area contributed by atoms with Crippen LogP contribution in [0, 0.1) is 0 Å². The summed E-state index contributed by atoms with van der Waals surface area (Å²) in [5.74, 6) is 0.573. The van der Waals surface area contributed by atoms with E-state index >= 15 is 0 Å². The van der Waals surface area contributed by atoms with Crippen molar-refractivity contribution in [3.8, 4) is 0 Å². The molecule has 1 aliphatic heterocycles. The van der Waals surface area contributed by atoms with Gasteiger partial charge in [0.05, 0.1) is 0 Å². The number of anilines is 2. The van der Waals surface area contributed by atoms with Crippen LogP contribution in [-0.2, 0) is 14.1 Å². The molecule has 1 aromatic heterocycles. The molecule has 76 valence electrons. The van der Waals surface area contributed by atoms with Crippen molar-refractivity contribution in [2.45, 2.75) is 0 Å². The predicted octanol–water partition coefficient (Wildman–Crippen LogP) is -1.08. The third kappa shape index (κ3) is 1.03.